The zero-order valence-corrected chi connectivity index (χ0v) is 39.7. The van der Waals surface area contributed by atoms with Crippen molar-refractivity contribution in [1.29, 1.82) is 0 Å². The molecule has 10 aromatic rings. The van der Waals surface area contributed by atoms with Crippen LogP contribution < -0.4 is 20.8 Å². The smallest absolute Gasteiger partial charge is 0.375 e. The van der Waals surface area contributed by atoms with Gasteiger partial charge >= 0.3 is 6.85 Å². The Kier molecular flexibility index (Phi) is 8.16. The van der Waals surface area contributed by atoms with Crippen LogP contribution in [0.4, 0.5) is 28.4 Å². The summed E-state index contributed by atoms with van der Waals surface area (Å²) in [4.78, 5) is 5.18. The molecule has 0 spiro atoms. The molecule has 0 radical (unpaired) electrons. The molecule has 0 amide bonds. The largest absolute Gasteiger partial charge is 0.466 e. The Morgan fingerprint density at radius 3 is 1.92 bits per heavy atom. The Morgan fingerprint density at radius 2 is 1.20 bits per heavy atom. The molecule has 0 N–H and O–H groups in total. The van der Waals surface area contributed by atoms with Crippen LogP contribution in [-0.4, -0.2) is 6.85 Å². The maximum absolute atomic E-state index is 7.50. The molecule has 1 aliphatic carbocycles. The average molecular weight is 871 g/mol. The van der Waals surface area contributed by atoms with Gasteiger partial charge in [-0.3, -0.25) is 0 Å². The van der Waals surface area contributed by atoms with Crippen molar-refractivity contribution < 1.29 is 4.42 Å². The summed E-state index contributed by atoms with van der Waals surface area (Å²) in [5, 5.41) is 3.69. The highest BCUT2D eigenvalue weighted by Crippen LogP contribution is 2.59. The summed E-state index contributed by atoms with van der Waals surface area (Å²) in [6.45, 7) is 18.4. The molecule has 8 aromatic carbocycles. The number of nitrogens with zero attached hydrogens (tertiary/aromatic N) is 2. The second kappa shape index (κ2) is 13.6. The topological polar surface area (TPSA) is 19.6 Å². The molecule has 2 aliphatic heterocycles. The second-order valence-electron chi connectivity index (χ2n) is 21.3. The quantitative estimate of drug-likeness (QED) is 0.165. The molecule has 3 nitrogen and oxygen atoms in total. The van der Waals surface area contributed by atoms with E-state index in [1.54, 1.807) is 0 Å². The first-order valence-electron chi connectivity index (χ1n) is 23.4. The maximum Gasteiger partial charge on any atom is 0.375 e. The second-order valence-corrected chi connectivity index (χ2v) is 22.4. The monoisotopic (exact) mass is 870 g/mol. The highest BCUT2D eigenvalue weighted by atomic mass is 32.1. The van der Waals surface area contributed by atoms with Gasteiger partial charge in [-0.05, 0) is 127 Å². The Bertz CT molecular complexity index is 3640. The Labute approximate surface area is 392 Å². The molecule has 5 heteroatoms. The summed E-state index contributed by atoms with van der Waals surface area (Å²) >= 11 is 1.90. The number of fused-ring (bicyclic) bond motifs is 13. The van der Waals surface area contributed by atoms with E-state index in [0.717, 1.165) is 33.7 Å². The van der Waals surface area contributed by atoms with Crippen LogP contribution in [0.2, 0.25) is 0 Å². The van der Waals surface area contributed by atoms with Gasteiger partial charge in [0.25, 0.3) is 0 Å². The lowest BCUT2D eigenvalue weighted by Crippen LogP contribution is -2.61. The summed E-state index contributed by atoms with van der Waals surface area (Å²) in [6.07, 6.45) is 0. The summed E-state index contributed by atoms with van der Waals surface area (Å²) in [7, 11) is 0. The van der Waals surface area contributed by atoms with E-state index in [2.05, 4.69) is 229 Å². The maximum atomic E-state index is 7.50. The number of hydrogen-bond donors (Lipinski definition) is 0. The lowest BCUT2D eigenvalue weighted by atomic mass is 9.45. The van der Waals surface area contributed by atoms with Gasteiger partial charge in [-0.25, -0.2) is 0 Å². The van der Waals surface area contributed by atoms with Gasteiger partial charge < -0.3 is 14.1 Å². The van der Waals surface area contributed by atoms with Crippen LogP contribution in [-0.2, 0) is 16.2 Å². The van der Waals surface area contributed by atoms with Crippen molar-refractivity contribution in [2.75, 3.05) is 9.71 Å². The Balaban J connectivity index is 1.20. The summed E-state index contributed by atoms with van der Waals surface area (Å²) in [5.74, 6) is 0. The van der Waals surface area contributed by atoms with E-state index in [1.807, 2.05) is 11.3 Å². The van der Waals surface area contributed by atoms with Gasteiger partial charge in [-0.1, -0.05) is 159 Å². The van der Waals surface area contributed by atoms with Crippen molar-refractivity contribution in [3.63, 3.8) is 0 Å². The lowest BCUT2D eigenvalue weighted by molar-refractivity contribution is 0.590. The number of anilines is 5. The molecule has 0 fully saturated rings. The van der Waals surface area contributed by atoms with E-state index in [9.17, 15) is 0 Å². The molecular formula is C61H51BN2OS. The van der Waals surface area contributed by atoms with Crippen molar-refractivity contribution >= 4 is 88.9 Å². The standard InChI is InChI=1S/C61H51BN2OS/c1-59(2,3)38-23-27-40(28-24-38)63-50-34-45-42-18-12-14-20-48(42)61(7,8)55(45)54-46-35-53-44(43-19-13-15-21-52(43)66-53)33-49(46)64(41-29-25-39(26-30-41)60(4,5)6)62(56(50)54)58-57(63)47-32-37(22-31-51(47)65-58)36-16-10-9-11-17-36/h9-35H,1-8H3. The predicted molar refractivity (Wildman–Crippen MR) is 283 cm³/mol. The van der Waals surface area contributed by atoms with Crippen LogP contribution in [0.1, 0.15) is 77.6 Å². The number of hydrogen-bond acceptors (Lipinski definition) is 4. The fraction of sp³-hybridized carbons (Fsp3) is 0.180. The summed E-state index contributed by atoms with van der Waals surface area (Å²) in [6, 6.07) is 61.9. The zero-order valence-electron chi connectivity index (χ0n) is 38.9. The van der Waals surface area contributed by atoms with Gasteiger partial charge in [0.05, 0.1) is 5.69 Å². The first-order chi connectivity index (χ1) is 31.8. The van der Waals surface area contributed by atoms with Crippen molar-refractivity contribution in [3.8, 4) is 33.4 Å². The highest BCUT2D eigenvalue weighted by Gasteiger charge is 2.52. The third-order valence-corrected chi connectivity index (χ3v) is 16.1. The third-order valence-electron chi connectivity index (χ3n) is 14.9. The molecule has 2 aromatic heterocycles. The molecule has 0 unspecified atom stereocenters. The third kappa shape index (κ3) is 5.56. The van der Waals surface area contributed by atoms with Crippen LogP contribution >= 0.6 is 11.3 Å². The molecule has 0 atom stereocenters. The molecule has 66 heavy (non-hydrogen) atoms. The van der Waals surface area contributed by atoms with Crippen LogP contribution in [0.5, 0.6) is 0 Å². The van der Waals surface area contributed by atoms with E-state index in [4.69, 9.17) is 4.42 Å². The minimum Gasteiger partial charge on any atom is -0.466 e. The van der Waals surface area contributed by atoms with Crippen LogP contribution in [0.25, 0.3) is 64.5 Å². The minimum atomic E-state index is -0.275. The van der Waals surface area contributed by atoms with Gasteiger partial charge in [0, 0.05) is 59.3 Å². The van der Waals surface area contributed by atoms with E-state index in [0.29, 0.717) is 0 Å². The fourth-order valence-corrected chi connectivity index (χ4v) is 12.7. The normalized spacial score (nSPS) is 14.7. The fourth-order valence-electron chi connectivity index (χ4n) is 11.6. The Morgan fingerprint density at radius 1 is 0.530 bits per heavy atom. The molecule has 0 bridgehead atoms. The van der Waals surface area contributed by atoms with Crippen molar-refractivity contribution in [2.24, 2.45) is 0 Å². The van der Waals surface area contributed by atoms with Crippen molar-refractivity contribution in [3.05, 3.63) is 186 Å². The number of furan rings is 1. The molecule has 3 aliphatic rings. The van der Waals surface area contributed by atoms with Gasteiger partial charge in [0.15, 0.2) is 0 Å². The van der Waals surface area contributed by atoms with Gasteiger partial charge in [0.1, 0.15) is 11.2 Å². The lowest BCUT2D eigenvalue weighted by Gasteiger charge is -2.45. The zero-order chi connectivity index (χ0) is 45.0. The van der Waals surface area contributed by atoms with Gasteiger partial charge in [0.2, 0.25) is 0 Å². The SMILES string of the molecule is CC(C)(C)c1ccc(N2B3c4oc5ccc(-c6ccccc6)cc5c4N(c4ccc(C(C)(C)C)cc4)c4cc5c(c(c43)-c3cc4sc6ccccc6c4cc32)C(C)(C)c2ccccc2-5)cc1. The molecule has 320 valence electrons. The Hall–Kier alpha value is -6.82. The first kappa shape index (κ1) is 39.5. The van der Waals surface area contributed by atoms with Gasteiger partial charge in [-0.2, -0.15) is 0 Å². The van der Waals surface area contributed by atoms with Crippen LogP contribution in [0.15, 0.2) is 168 Å². The number of thiophene rings is 1. The highest BCUT2D eigenvalue weighted by molar-refractivity contribution is 7.25. The van der Waals surface area contributed by atoms with E-state index >= 15 is 0 Å². The van der Waals surface area contributed by atoms with Crippen molar-refractivity contribution in [1.82, 2.24) is 0 Å². The van der Waals surface area contributed by atoms with E-state index < -0.39 is 0 Å². The summed E-state index contributed by atoms with van der Waals surface area (Å²) in [5.41, 5.74) is 21.6. The van der Waals surface area contributed by atoms with Crippen molar-refractivity contribution in [2.45, 2.75) is 71.6 Å². The predicted octanol–water partition coefficient (Wildman–Crippen LogP) is 16.1. The molecule has 4 heterocycles. The molecule has 13 rings (SSSR count). The first-order valence-corrected chi connectivity index (χ1v) is 24.3. The van der Waals surface area contributed by atoms with Crippen LogP contribution in [0, 0.1) is 0 Å². The molecular weight excluding hydrogens is 820 g/mol. The molecule has 0 saturated carbocycles. The van der Waals surface area contributed by atoms with Gasteiger partial charge in [-0.15, -0.1) is 11.3 Å². The minimum absolute atomic E-state index is 0.0102. The number of rotatable bonds is 3. The molecule has 0 saturated heterocycles. The van der Waals surface area contributed by atoms with E-state index in [-0.39, 0.29) is 23.1 Å². The summed E-state index contributed by atoms with van der Waals surface area (Å²) < 4.78 is 10.1. The number of benzene rings is 8. The average Bonchev–Trinajstić information content (AvgIpc) is 3.95. The van der Waals surface area contributed by atoms with E-state index in [1.165, 1.54) is 92.6 Å². The van der Waals surface area contributed by atoms with Crippen LogP contribution in [0.3, 0.4) is 0 Å².